The normalized spacial score (nSPS) is 10.8. The van der Waals surface area contributed by atoms with Crippen LogP contribution in [0.3, 0.4) is 0 Å². The maximum atomic E-state index is 11.1. The molecule has 0 unspecified atom stereocenters. The van der Waals surface area contributed by atoms with Crippen molar-refractivity contribution in [3.63, 3.8) is 0 Å². The van der Waals surface area contributed by atoms with Gasteiger partial charge in [0.05, 0.1) is 17.5 Å². The molecule has 2 aromatic heterocycles. The molecule has 1 N–H and O–H groups in total. The Morgan fingerprint density at radius 2 is 1.88 bits per heavy atom. The number of furan rings is 1. The van der Waals surface area contributed by atoms with E-state index >= 15 is 0 Å². The van der Waals surface area contributed by atoms with Crippen molar-refractivity contribution in [1.82, 2.24) is 4.98 Å². The summed E-state index contributed by atoms with van der Waals surface area (Å²) in [6.07, 6.45) is 5.24. The van der Waals surface area contributed by atoms with E-state index in [1.165, 1.54) is 0 Å². The zero-order valence-electron chi connectivity index (χ0n) is 13.9. The lowest BCUT2D eigenvalue weighted by atomic mass is 10.1. The van der Waals surface area contributed by atoms with Crippen LogP contribution in [0.25, 0.3) is 11.0 Å². The first-order valence-electron chi connectivity index (χ1n) is 8.18. The second-order valence-electron chi connectivity index (χ2n) is 5.91. The maximum absolute atomic E-state index is 11.1. The fourth-order valence-electron chi connectivity index (χ4n) is 2.99. The molecular weight excluding hydrogens is 328 g/mol. The standard InChI is InChI=1S/C21H16N2O3/c24-21(25)16-6-8-17(9-7-16)23(14-15-3-2-11-22-13-15)19-4-1-5-20-18(19)10-12-26-20/h1-13H,14H2,(H,24,25). The van der Waals surface area contributed by atoms with Crippen LogP contribution in [0.2, 0.25) is 0 Å². The number of hydrogen-bond donors (Lipinski definition) is 1. The van der Waals surface area contributed by atoms with E-state index < -0.39 is 5.97 Å². The molecule has 0 fully saturated rings. The van der Waals surface area contributed by atoms with Crippen LogP contribution in [0.1, 0.15) is 15.9 Å². The van der Waals surface area contributed by atoms with Crippen LogP contribution < -0.4 is 4.90 Å². The number of aromatic nitrogens is 1. The Labute approximate surface area is 150 Å². The number of rotatable bonds is 5. The monoisotopic (exact) mass is 344 g/mol. The topological polar surface area (TPSA) is 66.6 Å². The number of fused-ring (bicyclic) bond motifs is 1. The first kappa shape index (κ1) is 15.9. The lowest BCUT2D eigenvalue weighted by molar-refractivity contribution is 0.0697. The van der Waals surface area contributed by atoms with Crippen molar-refractivity contribution in [2.75, 3.05) is 4.90 Å². The zero-order valence-corrected chi connectivity index (χ0v) is 13.9. The van der Waals surface area contributed by atoms with Gasteiger partial charge in [-0.15, -0.1) is 0 Å². The fourth-order valence-corrected chi connectivity index (χ4v) is 2.99. The molecule has 0 aliphatic rings. The minimum atomic E-state index is -0.938. The molecule has 0 radical (unpaired) electrons. The van der Waals surface area contributed by atoms with Crippen LogP contribution in [0, 0.1) is 0 Å². The van der Waals surface area contributed by atoms with Crippen LogP contribution in [-0.4, -0.2) is 16.1 Å². The number of hydrogen-bond acceptors (Lipinski definition) is 4. The number of carboxylic acids is 1. The molecule has 0 saturated heterocycles. The average Bonchev–Trinajstić information content (AvgIpc) is 3.16. The Morgan fingerprint density at radius 1 is 1.04 bits per heavy atom. The van der Waals surface area contributed by atoms with E-state index in [2.05, 4.69) is 9.88 Å². The number of carboxylic acid groups (broad SMARTS) is 1. The molecule has 4 rings (SSSR count). The highest BCUT2D eigenvalue weighted by Crippen LogP contribution is 2.34. The number of nitrogens with zero attached hydrogens (tertiary/aromatic N) is 2. The van der Waals surface area contributed by atoms with Gasteiger partial charge >= 0.3 is 5.97 Å². The minimum Gasteiger partial charge on any atom is -0.478 e. The van der Waals surface area contributed by atoms with Crippen molar-refractivity contribution in [1.29, 1.82) is 0 Å². The largest absolute Gasteiger partial charge is 0.478 e. The third-order valence-corrected chi connectivity index (χ3v) is 4.25. The fraction of sp³-hybridized carbons (Fsp3) is 0.0476. The van der Waals surface area contributed by atoms with Crippen LogP contribution in [0.15, 0.2) is 83.7 Å². The van der Waals surface area contributed by atoms with E-state index in [-0.39, 0.29) is 5.56 Å². The highest BCUT2D eigenvalue weighted by molar-refractivity contribution is 5.93. The van der Waals surface area contributed by atoms with E-state index in [4.69, 9.17) is 9.52 Å². The summed E-state index contributed by atoms with van der Waals surface area (Å²) in [5.74, 6) is -0.938. The molecule has 0 aliphatic carbocycles. The van der Waals surface area contributed by atoms with Crippen molar-refractivity contribution in [3.8, 4) is 0 Å². The second kappa shape index (κ2) is 6.72. The van der Waals surface area contributed by atoms with E-state index in [9.17, 15) is 4.79 Å². The Bertz CT molecular complexity index is 1040. The van der Waals surface area contributed by atoms with Crippen LogP contribution in [0.4, 0.5) is 11.4 Å². The maximum Gasteiger partial charge on any atom is 0.335 e. The van der Waals surface area contributed by atoms with Gasteiger partial charge in [-0.25, -0.2) is 4.79 Å². The van der Waals surface area contributed by atoms with Gasteiger partial charge in [-0.05, 0) is 54.1 Å². The van der Waals surface area contributed by atoms with Gasteiger partial charge in [0.15, 0.2) is 0 Å². The van der Waals surface area contributed by atoms with Gasteiger partial charge in [0, 0.05) is 30.0 Å². The summed E-state index contributed by atoms with van der Waals surface area (Å²) in [5, 5.41) is 10.1. The molecule has 0 bridgehead atoms. The Kier molecular flexibility index (Phi) is 4.11. The Morgan fingerprint density at radius 3 is 2.62 bits per heavy atom. The molecule has 4 aromatic rings. The van der Waals surface area contributed by atoms with Gasteiger partial charge in [0.25, 0.3) is 0 Å². The van der Waals surface area contributed by atoms with Gasteiger partial charge in [0.1, 0.15) is 5.58 Å². The third kappa shape index (κ3) is 3.02. The molecule has 2 heterocycles. The average molecular weight is 344 g/mol. The Hall–Kier alpha value is -3.60. The molecule has 0 amide bonds. The summed E-state index contributed by atoms with van der Waals surface area (Å²) in [6.45, 7) is 0.602. The summed E-state index contributed by atoms with van der Waals surface area (Å²) >= 11 is 0. The van der Waals surface area contributed by atoms with E-state index in [0.29, 0.717) is 6.54 Å². The second-order valence-corrected chi connectivity index (χ2v) is 5.91. The van der Waals surface area contributed by atoms with Crippen molar-refractivity contribution < 1.29 is 14.3 Å². The van der Waals surface area contributed by atoms with Crippen molar-refractivity contribution in [2.24, 2.45) is 0 Å². The third-order valence-electron chi connectivity index (χ3n) is 4.25. The molecule has 0 saturated carbocycles. The lowest BCUT2D eigenvalue weighted by Gasteiger charge is -2.26. The zero-order chi connectivity index (χ0) is 17.9. The summed E-state index contributed by atoms with van der Waals surface area (Å²) < 4.78 is 5.53. The lowest BCUT2D eigenvalue weighted by Crippen LogP contribution is -2.17. The number of pyridine rings is 1. The molecule has 5 nitrogen and oxygen atoms in total. The number of aromatic carboxylic acids is 1. The van der Waals surface area contributed by atoms with Crippen molar-refractivity contribution in [2.45, 2.75) is 6.54 Å². The van der Waals surface area contributed by atoms with E-state index in [1.54, 1.807) is 24.6 Å². The predicted octanol–water partition coefficient (Wildman–Crippen LogP) is 4.86. The van der Waals surface area contributed by atoms with Crippen LogP contribution in [-0.2, 0) is 6.54 Å². The SMILES string of the molecule is O=C(O)c1ccc(N(Cc2cccnc2)c2cccc3occc23)cc1. The molecule has 26 heavy (non-hydrogen) atoms. The summed E-state index contributed by atoms with van der Waals surface area (Å²) in [4.78, 5) is 17.5. The number of carbonyl (C=O) groups is 1. The molecule has 0 atom stereocenters. The molecule has 128 valence electrons. The summed E-state index contributed by atoms with van der Waals surface area (Å²) in [6, 6.07) is 18.6. The summed E-state index contributed by atoms with van der Waals surface area (Å²) in [7, 11) is 0. The smallest absolute Gasteiger partial charge is 0.335 e. The van der Waals surface area contributed by atoms with Crippen molar-refractivity contribution in [3.05, 3.63) is 90.4 Å². The Balaban J connectivity index is 1.81. The molecule has 0 aliphatic heterocycles. The summed E-state index contributed by atoms with van der Waals surface area (Å²) in [5.41, 5.74) is 4.00. The highest BCUT2D eigenvalue weighted by Gasteiger charge is 2.15. The minimum absolute atomic E-state index is 0.261. The van der Waals surface area contributed by atoms with Gasteiger partial charge in [-0.3, -0.25) is 4.98 Å². The van der Waals surface area contributed by atoms with E-state index in [1.807, 2.05) is 54.7 Å². The van der Waals surface area contributed by atoms with Crippen LogP contribution in [0.5, 0.6) is 0 Å². The molecule has 2 aromatic carbocycles. The molecular formula is C21H16N2O3. The van der Waals surface area contributed by atoms with Gasteiger partial charge in [-0.1, -0.05) is 12.1 Å². The quantitative estimate of drug-likeness (QED) is 0.560. The molecule has 0 spiro atoms. The van der Waals surface area contributed by atoms with Crippen molar-refractivity contribution >= 4 is 28.3 Å². The van der Waals surface area contributed by atoms with Gasteiger partial charge in [0.2, 0.25) is 0 Å². The highest BCUT2D eigenvalue weighted by atomic mass is 16.4. The van der Waals surface area contributed by atoms with E-state index in [0.717, 1.165) is 27.9 Å². The number of benzene rings is 2. The van der Waals surface area contributed by atoms with Gasteiger partial charge < -0.3 is 14.4 Å². The number of anilines is 2. The van der Waals surface area contributed by atoms with Crippen LogP contribution >= 0.6 is 0 Å². The van der Waals surface area contributed by atoms with Gasteiger partial charge in [-0.2, -0.15) is 0 Å². The first-order valence-corrected chi connectivity index (χ1v) is 8.18. The first-order chi connectivity index (χ1) is 12.7. The molecule has 5 heteroatoms. The predicted molar refractivity (Wildman–Crippen MR) is 99.7 cm³/mol.